The Morgan fingerprint density at radius 1 is 1.55 bits per heavy atom. The Labute approximate surface area is 65.2 Å². The van der Waals surface area contributed by atoms with Gasteiger partial charge in [-0.1, -0.05) is 5.16 Å². The topological polar surface area (TPSA) is 59.2 Å². The highest BCUT2D eigenvalue weighted by atomic mass is 16.5. The summed E-state index contributed by atoms with van der Waals surface area (Å²) in [6.07, 6.45) is 0.397. The first-order chi connectivity index (χ1) is 4.97. The van der Waals surface area contributed by atoms with Gasteiger partial charge >= 0.3 is 0 Å². The number of rotatable bonds is 2. The Bertz CT molecular complexity index is 237. The summed E-state index contributed by atoms with van der Waals surface area (Å²) in [5.41, 5.74) is -0.779. The molecule has 1 aromatic heterocycles. The zero-order valence-corrected chi connectivity index (χ0v) is 6.96. The van der Waals surface area contributed by atoms with E-state index in [0.29, 0.717) is 18.1 Å². The number of aromatic nitrogens is 2. The minimum absolute atomic E-state index is 0.397. The molecule has 0 amide bonds. The lowest BCUT2D eigenvalue weighted by molar-refractivity contribution is 0.0718. The van der Waals surface area contributed by atoms with Gasteiger partial charge in [-0.3, -0.25) is 0 Å². The van der Waals surface area contributed by atoms with E-state index in [-0.39, 0.29) is 0 Å². The summed E-state index contributed by atoms with van der Waals surface area (Å²) >= 11 is 0. The summed E-state index contributed by atoms with van der Waals surface area (Å²) in [6, 6.07) is 0. The van der Waals surface area contributed by atoms with Crippen molar-refractivity contribution >= 4 is 0 Å². The van der Waals surface area contributed by atoms with Crippen molar-refractivity contribution in [3.8, 4) is 0 Å². The maximum Gasteiger partial charge on any atom is 0.229 e. The molecule has 4 nitrogen and oxygen atoms in total. The van der Waals surface area contributed by atoms with Crippen LogP contribution in [-0.2, 0) is 6.42 Å². The molecule has 1 aromatic rings. The Kier molecular flexibility index (Phi) is 1.95. The fourth-order valence-corrected chi connectivity index (χ4v) is 0.782. The Balaban J connectivity index is 2.65. The van der Waals surface area contributed by atoms with E-state index in [1.807, 2.05) is 0 Å². The SMILES string of the molecule is Cc1noc(CC(C)(C)O)n1. The van der Waals surface area contributed by atoms with Crippen LogP contribution >= 0.6 is 0 Å². The number of aryl methyl sites for hydroxylation is 1. The predicted molar refractivity (Wildman–Crippen MR) is 39.0 cm³/mol. The van der Waals surface area contributed by atoms with Crippen molar-refractivity contribution in [1.82, 2.24) is 10.1 Å². The zero-order chi connectivity index (χ0) is 8.48. The standard InChI is InChI=1S/C7H12N2O2/c1-5-8-6(11-9-5)4-7(2,3)10/h10H,4H2,1-3H3. The normalized spacial score (nSPS) is 12.0. The summed E-state index contributed by atoms with van der Waals surface area (Å²) in [5.74, 6) is 1.08. The van der Waals surface area contributed by atoms with E-state index in [1.165, 1.54) is 0 Å². The highest BCUT2D eigenvalue weighted by Gasteiger charge is 2.17. The maximum absolute atomic E-state index is 9.35. The van der Waals surface area contributed by atoms with E-state index in [1.54, 1.807) is 20.8 Å². The molecule has 0 fully saturated rings. The van der Waals surface area contributed by atoms with Gasteiger partial charge in [0, 0.05) is 0 Å². The molecule has 1 heterocycles. The number of hydrogen-bond donors (Lipinski definition) is 1. The summed E-state index contributed by atoms with van der Waals surface area (Å²) in [6.45, 7) is 5.15. The molecule has 4 heteroatoms. The molecule has 0 atom stereocenters. The van der Waals surface area contributed by atoms with Gasteiger partial charge in [0.15, 0.2) is 5.82 Å². The number of hydrogen-bond acceptors (Lipinski definition) is 4. The van der Waals surface area contributed by atoms with E-state index in [0.717, 1.165) is 0 Å². The van der Waals surface area contributed by atoms with Crippen LogP contribution in [0.25, 0.3) is 0 Å². The molecule has 0 aliphatic heterocycles. The van der Waals surface area contributed by atoms with Gasteiger partial charge in [0.2, 0.25) is 5.89 Å². The van der Waals surface area contributed by atoms with Crippen LogP contribution in [-0.4, -0.2) is 20.8 Å². The Hall–Kier alpha value is -0.900. The molecule has 0 saturated carbocycles. The van der Waals surface area contributed by atoms with Gasteiger partial charge in [-0.15, -0.1) is 0 Å². The second kappa shape index (κ2) is 2.62. The summed E-state index contributed by atoms with van der Waals surface area (Å²) in [5, 5.41) is 13.0. The number of nitrogens with zero attached hydrogens (tertiary/aromatic N) is 2. The largest absolute Gasteiger partial charge is 0.390 e. The first-order valence-corrected chi connectivity index (χ1v) is 3.49. The molecule has 0 aliphatic carbocycles. The van der Waals surface area contributed by atoms with E-state index in [4.69, 9.17) is 4.52 Å². The van der Waals surface area contributed by atoms with E-state index in [2.05, 4.69) is 10.1 Å². The molecule has 1 rings (SSSR count). The lowest BCUT2D eigenvalue weighted by Gasteiger charge is -2.12. The lowest BCUT2D eigenvalue weighted by atomic mass is 10.1. The molecule has 0 unspecified atom stereocenters. The fourth-order valence-electron chi connectivity index (χ4n) is 0.782. The fraction of sp³-hybridized carbons (Fsp3) is 0.714. The van der Waals surface area contributed by atoms with E-state index < -0.39 is 5.60 Å². The van der Waals surface area contributed by atoms with Crippen molar-refractivity contribution in [3.05, 3.63) is 11.7 Å². The van der Waals surface area contributed by atoms with Crippen LogP contribution < -0.4 is 0 Å². The summed E-state index contributed by atoms with van der Waals surface area (Å²) in [4.78, 5) is 3.96. The molecule has 0 spiro atoms. The van der Waals surface area contributed by atoms with Crippen LogP contribution in [0.2, 0.25) is 0 Å². The molecule has 11 heavy (non-hydrogen) atoms. The van der Waals surface area contributed by atoms with E-state index >= 15 is 0 Å². The van der Waals surface area contributed by atoms with Crippen molar-refractivity contribution in [2.75, 3.05) is 0 Å². The third-order valence-corrected chi connectivity index (χ3v) is 1.15. The highest BCUT2D eigenvalue weighted by molar-refractivity contribution is 4.88. The van der Waals surface area contributed by atoms with Gasteiger partial charge in [-0.05, 0) is 20.8 Å². The zero-order valence-electron chi connectivity index (χ0n) is 6.96. The Morgan fingerprint density at radius 2 is 2.18 bits per heavy atom. The maximum atomic E-state index is 9.35. The third-order valence-electron chi connectivity index (χ3n) is 1.15. The summed E-state index contributed by atoms with van der Waals surface area (Å²) < 4.78 is 4.82. The van der Waals surface area contributed by atoms with Crippen LogP contribution in [0.4, 0.5) is 0 Å². The Morgan fingerprint density at radius 3 is 2.55 bits per heavy atom. The predicted octanol–water partition coefficient (Wildman–Crippen LogP) is 0.691. The van der Waals surface area contributed by atoms with Gasteiger partial charge in [0.25, 0.3) is 0 Å². The monoisotopic (exact) mass is 156 g/mol. The van der Waals surface area contributed by atoms with Gasteiger partial charge in [0.1, 0.15) is 0 Å². The smallest absolute Gasteiger partial charge is 0.229 e. The van der Waals surface area contributed by atoms with Crippen molar-refractivity contribution in [2.45, 2.75) is 32.8 Å². The average Bonchev–Trinajstić information content (AvgIpc) is 2.10. The molecular weight excluding hydrogens is 144 g/mol. The minimum atomic E-state index is -0.779. The molecule has 0 aliphatic rings. The third kappa shape index (κ3) is 2.67. The van der Waals surface area contributed by atoms with Gasteiger partial charge in [-0.2, -0.15) is 4.98 Å². The quantitative estimate of drug-likeness (QED) is 0.684. The summed E-state index contributed by atoms with van der Waals surface area (Å²) in [7, 11) is 0. The molecule has 0 radical (unpaired) electrons. The molecule has 0 saturated heterocycles. The average molecular weight is 156 g/mol. The minimum Gasteiger partial charge on any atom is -0.390 e. The van der Waals surface area contributed by atoms with Crippen molar-refractivity contribution in [2.24, 2.45) is 0 Å². The van der Waals surface area contributed by atoms with E-state index in [9.17, 15) is 5.11 Å². The molecule has 62 valence electrons. The van der Waals surface area contributed by atoms with Crippen molar-refractivity contribution in [1.29, 1.82) is 0 Å². The van der Waals surface area contributed by atoms with Crippen LogP contribution in [0.5, 0.6) is 0 Å². The second-order valence-corrected chi connectivity index (χ2v) is 3.22. The van der Waals surface area contributed by atoms with Crippen LogP contribution in [0.1, 0.15) is 25.6 Å². The molecule has 0 aromatic carbocycles. The highest BCUT2D eigenvalue weighted by Crippen LogP contribution is 2.09. The van der Waals surface area contributed by atoms with Gasteiger partial charge in [0.05, 0.1) is 12.0 Å². The second-order valence-electron chi connectivity index (χ2n) is 3.22. The van der Waals surface area contributed by atoms with Gasteiger partial charge < -0.3 is 9.63 Å². The van der Waals surface area contributed by atoms with Gasteiger partial charge in [-0.25, -0.2) is 0 Å². The first-order valence-electron chi connectivity index (χ1n) is 3.49. The molecule has 1 N–H and O–H groups in total. The molecule has 0 bridgehead atoms. The van der Waals surface area contributed by atoms with Crippen molar-refractivity contribution in [3.63, 3.8) is 0 Å². The van der Waals surface area contributed by atoms with Crippen LogP contribution in [0.15, 0.2) is 4.52 Å². The van der Waals surface area contributed by atoms with Crippen LogP contribution in [0.3, 0.4) is 0 Å². The van der Waals surface area contributed by atoms with Crippen LogP contribution in [0, 0.1) is 6.92 Å². The first kappa shape index (κ1) is 8.20. The van der Waals surface area contributed by atoms with Crippen molar-refractivity contribution < 1.29 is 9.63 Å². The number of aliphatic hydroxyl groups is 1. The molecular formula is C7H12N2O2. The lowest BCUT2D eigenvalue weighted by Crippen LogP contribution is -2.21.